The van der Waals surface area contributed by atoms with Crippen molar-refractivity contribution in [1.82, 2.24) is 4.98 Å². The molecular weight excluding hydrogens is 810 g/mol. The predicted molar refractivity (Wildman–Crippen MR) is 197 cm³/mol. The summed E-state index contributed by atoms with van der Waals surface area (Å²) in [5.74, 6) is -11.3. The summed E-state index contributed by atoms with van der Waals surface area (Å²) in [4.78, 5) is 113. The van der Waals surface area contributed by atoms with Gasteiger partial charge in [0.1, 0.15) is 42.0 Å². The molecule has 1 N–H and O–H groups in total. The minimum atomic E-state index is -2.87. The average Bonchev–Trinajstić information content (AvgIpc) is 3.79. The van der Waals surface area contributed by atoms with Crippen molar-refractivity contribution in [3.05, 3.63) is 53.7 Å². The molecule has 4 aliphatic rings. The summed E-state index contributed by atoms with van der Waals surface area (Å²) in [7, 11) is 0. The van der Waals surface area contributed by atoms with Crippen LogP contribution in [0.25, 0.3) is 0 Å². The van der Waals surface area contributed by atoms with E-state index in [1.54, 1.807) is 6.07 Å². The molecule has 1 saturated heterocycles. The molecule has 0 amide bonds. The molecule has 1 spiro atoms. The lowest BCUT2D eigenvalue weighted by Crippen LogP contribution is -2.89. The number of hydrogen-bond acceptors (Lipinski definition) is 20. The van der Waals surface area contributed by atoms with Gasteiger partial charge in [0.05, 0.1) is 23.7 Å². The van der Waals surface area contributed by atoms with E-state index in [2.05, 4.69) is 4.98 Å². The number of rotatable bonds is 8. The second kappa shape index (κ2) is 16.5. The number of aryl methyl sites for hydroxylation is 1. The van der Waals surface area contributed by atoms with Crippen LogP contribution < -0.4 is 0 Å². The quantitative estimate of drug-likeness (QED) is 0.293. The monoisotopic (exact) mass is 857 g/mol. The first-order chi connectivity index (χ1) is 28.6. The van der Waals surface area contributed by atoms with E-state index in [9.17, 15) is 43.5 Å². The van der Waals surface area contributed by atoms with Gasteiger partial charge in [-0.2, -0.15) is 0 Å². The molecule has 2 aromatic heterocycles. The fourth-order valence-electron chi connectivity index (χ4n) is 9.56. The van der Waals surface area contributed by atoms with Crippen LogP contribution in [0.3, 0.4) is 0 Å². The molecule has 330 valence electrons. The van der Waals surface area contributed by atoms with Crippen LogP contribution in [0.2, 0.25) is 0 Å². The first-order valence-electron chi connectivity index (χ1n) is 19.4. The molecule has 2 aliphatic heterocycles. The Bertz CT molecular complexity index is 2100. The van der Waals surface area contributed by atoms with Crippen molar-refractivity contribution in [2.45, 2.75) is 122 Å². The topological polar surface area (TPSA) is 266 Å². The van der Waals surface area contributed by atoms with Crippen LogP contribution in [0.5, 0.6) is 0 Å². The lowest BCUT2D eigenvalue weighted by atomic mass is 9.45. The van der Waals surface area contributed by atoms with E-state index >= 15 is 0 Å². The van der Waals surface area contributed by atoms with Crippen molar-refractivity contribution in [3.63, 3.8) is 0 Å². The number of cyclic esters (lactones) is 1. The van der Waals surface area contributed by atoms with E-state index < -0.39 is 137 Å². The Morgan fingerprint density at radius 2 is 1.46 bits per heavy atom. The van der Waals surface area contributed by atoms with Crippen LogP contribution in [-0.4, -0.2) is 124 Å². The predicted octanol–water partition coefficient (Wildman–Crippen LogP) is 1.75. The number of furan rings is 1. The zero-order chi connectivity index (χ0) is 44.8. The molecule has 2 saturated carbocycles. The van der Waals surface area contributed by atoms with Crippen LogP contribution in [0, 0.1) is 17.3 Å². The zero-order valence-corrected chi connectivity index (χ0v) is 34.7. The van der Waals surface area contributed by atoms with E-state index in [1.807, 2.05) is 0 Å². The Morgan fingerprint density at radius 3 is 2.05 bits per heavy atom. The first-order valence-corrected chi connectivity index (χ1v) is 19.4. The molecule has 20 heteroatoms. The van der Waals surface area contributed by atoms with Crippen molar-refractivity contribution >= 4 is 47.8 Å². The number of carbonyl (C=O) groups excluding carboxylic acids is 8. The number of hydrogen-bond donors (Lipinski definition) is 1. The van der Waals surface area contributed by atoms with E-state index in [0.29, 0.717) is 5.56 Å². The molecule has 4 bridgehead atoms. The minimum absolute atomic E-state index is 0.0151. The summed E-state index contributed by atoms with van der Waals surface area (Å²) in [6.45, 7) is 7.04. The highest BCUT2D eigenvalue weighted by Gasteiger charge is 2.92. The number of ether oxygens (including phenoxy) is 9. The summed E-state index contributed by atoms with van der Waals surface area (Å²) in [6, 6.07) is 4.14. The third-order valence-electron chi connectivity index (χ3n) is 11.9. The largest absolute Gasteiger partial charge is 0.465 e. The van der Waals surface area contributed by atoms with Crippen molar-refractivity contribution in [1.29, 1.82) is 0 Å². The standard InChI is InChI=1S/C41H47NO19/c1-19-11-12-25-13-14-42-16-26(25)36(49)54-17-38(7)28-29(55-21(3)44)33(57-23(5)46)40(18-53-20(2)43)34(58-24(6)47)30(59-37(50)27-10-9-15-52-27)32(60-35(19)48)39(8,51)41(40,61-38)31(28)56-22(4)45/h9-10,13-16,19,28-34,51H,11-12,17-18H2,1-8H3/t19?,28-,29-,30+,31-,32+,33-,34+,38+,39+,40-,41+/m1/s1. The van der Waals surface area contributed by atoms with Gasteiger partial charge in [0.25, 0.3) is 0 Å². The number of fused-ring (bicyclic) bond motifs is 5. The maximum absolute atomic E-state index is 14.3. The first kappa shape index (κ1) is 44.7. The smallest absolute Gasteiger partial charge is 0.374 e. The van der Waals surface area contributed by atoms with Crippen molar-refractivity contribution in [2.75, 3.05) is 13.2 Å². The van der Waals surface area contributed by atoms with E-state index in [0.717, 1.165) is 47.8 Å². The van der Waals surface area contributed by atoms with Crippen LogP contribution in [-0.2, 0) is 77.8 Å². The molecular formula is C41H47NO19. The van der Waals surface area contributed by atoms with Crippen molar-refractivity contribution in [2.24, 2.45) is 17.3 Å². The van der Waals surface area contributed by atoms with Crippen LogP contribution in [0.15, 0.2) is 41.3 Å². The molecule has 4 heterocycles. The summed E-state index contributed by atoms with van der Waals surface area (Å²) in [5, 5.41) is 13.6. The molecule has 20 nitrogen and oxygen atoms in total. The molecule has 12 atom stereocenters. The zero-order valence-electron chi connectivity index (χ0n) is 34.7. The van der Waals surface area contributed by atoms with Gasteiger partial charge in [-0.15, -0.1) is 0 Å². The fraction of sp³-hybridized carbons (Fsp3) is 0.585. The highest BCUT2D eigenvalue weighted by atomic mass is 16.7. The normalized spacial score (nSPS) is 35.4. The fourth-order valence-corrected chi connectivity index (χ4v) is 9.56. The number of nitrogens with zero attached hydrogens (tertiary/aromatic N) is 1. The molecule has 0 aromatic carbocycles. The van der Waals surface area contributed by atoms with Crippen molar-refractivity contribution in [3.8, 4) is 0 Å². The Kier molecular flexibility index (Phi) is 12.1. The Hall–Kier alpha value is -5.89. The summed E-state index contributed by atoms with van der Waals surface area (Å²) < 4.78 is 60.2. The molecule has 0 radical (unpaired) electrons. The minimum Gasteiger partial charge on any atom is -0.465 e. The Morgan fingerprint density at radius 1 is 0.836 bits per heavy atom. The van der Waals surface area contributed by atoms with Gasteiger partial charge in [0, 0.05) is 47.0 Å². The molecule has 3 fully saturated rings. The third-order valence-corrected chi connectivity index (χ3v) is 11.9. The van der Waals surface area contributed by atoms with E-state index in [-0.39, 0.29) is 18.4 Å². The number of aliphatic hydroxyl groups is 1. The summed E-state index contributed by atoms with van der Waals surface area (Å²) >= 11 is 0. The third kappa shape index (κ3) is 7.59. The lowest BCUT2D eigenvalue weighted by molar-refractivity contribution is -0.386. The summed E-state index contributed by atoms with van der Waals surface area (Å²) in [6.07, 6.45) is -8.29. The molecule has 2 aromatic rings. The van der Waals surface area contributed by atoms with Crippen LogP contribution in [0.1, 0.15) is 88.3 Å². The highest BCUT2D eigenvalue weighted by molar-refractivity contribution is 5.91. The Balaban J connectivity index is 1.77. The molecule has 2 aliphatic carbocycles. The maximum Gasteiger partial charge on any atom is 0.374 e. The average molecular weight is 858 g/mol. The number of carbonyl (C=O) groups is 8. The van der Waals surface area contributed by atoms with Gasteiger partial charge in [-0.25, -0.2) is 9.59 Å². The van der Waals surface area contributed by atoms with Crippen molar-refractivity contribution < 1.29 is 90.5 Å². The number of aromatic nitrogens is 1. The number of esters is 8. The van der Waals surface area contributed by atoms with Gasteiger partial charge in [0.15, 0.2) is 30.0 Å². The van der Waals surface area contributed by atoms with Gasteiger partial charge in [0.2, 0.25) is 5.76 Å². The maximum atomic E-state index is 14.3. The Labute approximate surface area is 348 Å². The van der Waals surface area contributed by atoms with Gasteiger partial charge in [-0.05, 0) is 50.5 Å². The van der Waals surface area contributed by atoms with Gasteiger partial charge in [-0.3, -0.25) is 33.8 Å². The molecule has 6 rings (SSSR count). The highest BCUT2D eigenvalue weighted by Crippen LogP contribution is 2.70. The second-order valence-electron chi connectivity index (χ2n) is 16.1. The number of pyridine rings is 1. The van der Waals surface area contributed by atoms with Gasteiger partial charge in [-0.1, -0.05) is 6.92 Å². The van der Waals surface area contributed by atoms with Crippen LogP contribution >= 0.6 is 0 Å². The van der Waals surface area contributed by atoms with E-state index in [1.165, 1.54) is 38.4 Å². The second-order valence-corrected chi connectivity index (χ2v) is 16.1. The van der Waals surface area contributed by atoms with Gasteiger partial charge >= 0.3 is 47.8 Å². The van der Waals surface area contributed by atoms with E-state index in [4.69, 9.17) is 47.0 Å². The van der Waals surface area contributed by atoms with Crippen LogP contribution in [0.4, 0.5) is 0 Å². The lowest BCUT2D eigenvalue weighted by Gasteiger charge is -2.67. The molecule has 1 unspecified atom stereocenters. The molecule has 61 heavy (non-hydrogen) atoms. The SMILES string of the molecule is CC(=O)OC[C@]12[C@H](OC(C)=O)[C@H](OC(C)=O)[C@@H]3[C@@H](OC(C)=O)[C@@]14O[C@@]3(C)COC(=O)c1cnccc1CCC(C)C(=O)O[C@@H]([C@H](OC(=O)c1ccco1)[C@@H]2OC(C)=O)[C@]4(C)O. The summed E-state index contributed by atoms with van der Waals surface area (Å²) in [5.41, 5.74) is -9.96. The van der Waals surface area contributed by atoms with Gasteiger partial charge < -0.3 is 52.2 Å².